The van der Waals surface area contributed by atoms with Gasteiger partial charge in [-0.15, -0.1) is 0 Å². The van der Waals surface area contributed by atoms with E-state index in [9.17, 15) is 8.42 Å². The van der Waals surface area contributed by atoms with Gasteiger partial charge in [0.15, 0.2) is 0 Å². The molecule has 1 fully saturated rings. The summed E-state index contributed by atoms with van der Waals surface area (Å²) < 4.78 is 33.8. The van der Waals surface area contributed by atoms with E-state index in [1.807, 2.05) is 6.92 Å². The second-order valence-corrected chi connectivity index (χ2v) is 8.12. The largest absolute Gasteiger partial charge is 0.490 e. The standard InChI is InChI=1S/C16H24N2O3S/c1-11-8-13-9-14(6-7-16(13)21-11)22(19,20)18-15-5-3-2-4-12(15)10-17/h6-7,9,11-12,15,18H,2-5,8,10,17H2,1H3. The molecule has 3 rings (SSSR count). The van der Waals surface area contributed by atoms with Gasteiger partial charge in [0.05, 0.1) is 4.90 Å². The Morgan fingerprint density at radius 3 is 2.86 bits per heavy atom. The summed E-state index contributed by atoms with van der Waals surface area (Å²) in [7, 11) is -3.50. The zero-order valence-corrected chi connectivity index (χ0v) is 13.7. The fourth-order valence-electron chi connectivity index (χ4n) is 3.48. The fraction of sp³-hybridized carbons (Fsp3) is 0.625. The fourth-order valence-corrected chi connectivity index (χ4v) is 4.87. The van der Waals surface area contributed by atoms with Gasteiger partial charge in [0.2, 0.25) is 10.0 Å². The number of sulfonamides is 1. The first kappa shape index (κ1) is 15.8. The molecule has 0 radical (unpaired) electrons. The zero-order chi connectivity index (χ0) is 15.7. The molecule has 6 heteroatoms. The van der Waals surface area contributed by atoms with Crippen molar-refractivity contribution in [2.45, 2.75) is 56.1 Å². The van der Waals surface area contributed by atoms with Crippen molar-refractivity contribution in [1.29, 1.82) is 0 Å². The van der Waals surface area contributed by atoms with E-state index in [2.05, 4.69) is 4.72 Å². The molecular formula is C16H24N2O3S. The molecule has 3 N–H and O–H groups in total. The zero-order valence-electron chi connectivity index (χ0n) is 12.9. The smallest absolute Gasteiger partial charge is 0.240 e. The third-order valence-corrected chi connectivity index (χ3v) is 6.18. The summed E-state index contributed by atoms with van der Waals surface area (Å²) in [6, 6.07) is 5.07. The van der Waals surface area contributed by atoms with Crippen LogP contribution >= 0.6 is 0 Å². The van der Waals surface area contributed by atoms with E-state index in [0.29, 0.717) is 11.4 Å². The summed E-state index contributed by atoms with van der Waals surface area (Å²) >= 11 is 0. The maximum atomic E-state index is 12.7. The van der Waals surface area contributed by atoms with Crippen molar-refractivity contribution in [1.82, 2.24) is 4.72 Å². The second-order valence-electron chi connectivity index (χ2n) is 6.41. The van der Waals surface area contributed by atoms with Crippen molar-refractivity contribution in [3.8, 4) is 5.75 Å². The molecule has 5 nitrogen and oxygen atoms in total. The minimum absolute atomic E-state index is 0.0489. The lowest BCUT2D eigenvalue weighted by molar-refractivity contribution is 0.254. The maximum Gasteiger partial charge on any atom is 0.240 e. The molecule has 2 aliphatic rings. The van der Waals surface area contributed by atoms with Crippen LogP contribution in [-0.2, 0) is 16.4 Å². The van der Waals surface area contributed by atoms with E-state index in [0.717, 1.165) is 43.4 Å². The Labute approximate surface area is 132 Å². The van der Waals surface area contributed by atoms with E-state index < -0.39 is 10.0 Å². The van der Waals surface area contributed by atoms with Crippen molar-refractivity contribution in [2.24, 2.45) is 11.7 Å². The molecule has 1 heterocycles. The molecule has 1 aromatic carbocycles. The van der Waals surface area contributed by atoms with Gasteiger partial charge in [-0.1, -0.05) is 12.8 Å². The van der Waals surface area contributed by atoms with E-state index in [1.54, 1.807) is 18.2 Å². The van der Waals surface area contributed by atoms with Crippen molar-refractivity contribution < 1.29 is 13.2 Å². The Morgan fingerprint density at radius 1 is 1.32 bits per heavy atom. The van der Waals surface area contributed by atoms with Crippen LogP contribution in [0.4, 0.5) is 0 Å². The molecule has 3 atom stereocenters. The summed E-state index contributed by atoms with van der Waals surface area (Å²) in [5.74, 6) is 1.03. The number of benzene rings is 1. The minimum Gasteiger partial charge on any atom is -0.490 e. The van der Waals surface area contributed by atoms with Gasteiger partial charge in [0.25, 0.3) is 0 Å². The van der Waals surface area contributed by atoms with Gasteiger partial charge in [-0.05, 0) is 56.0 Å². The lowest BCUT2D eigenvalue weighted by atomic mass is 9.85. The summed E-state index contributed by atoms with van der Waals surface area (Å²) in [5, 5.41) is 0. The SMILES string of the molecule is CC1Cc2cc(S(=O)(=O)NC3CCCCC3CN)ccc2O1. The van der Waals surface area contributed by atoms with Gasteiger partial charge < -0.3 is 10.5 Å². The number of nitrogens with one attached hydrogen (secondary N) is 1. The topological polar surface area (TPSA) is 81.4 Å². The van der Waals surface area contributed by atoms with E-state index in [1.165, 1.54) is 0 Å². The average molecular weight is 324 g/mol. The van der Waals surface area contributed by atoms with Crippen molar-refractivity contribution >= 4 is 10.0 Å². The molecule has 122 valence electrons. The molecule has 22 heavy (non-hydrogen) atoms. The summed E-state index contributed by atoms with van der Waals surface area (Å²) in [4.78, 5) is 0.324. The van der Waals surface area contributed by atoms with Gasteiger partial charge in [-0.3, -0.25) is 0 Å². The van der Waals surface area contributed by atoms with Crippen LogP contribution < -0.4 is 15.2 Å². The molecular weight excluding hydrogens is 300 g/mol. The quantitative estimate of drug-likeness (QED) is 0.885. The molecule has 0 spiro atoms. The summed E-state index contributed by atoms with van der Waals surface area (Å²) in [5.41, 5.74) is 6.76. The van der Waals surface area contributed by atoms with Crippen molar-refractivity contribution in [3.05, 3.63) is 23.8 Å². The van der Waals surface area contributed by atoms with E-state index in [4.69, 9.17) is 10.5 Å². The molecule has 0 saturated heterocycles. The molecule has 1 saturated carbocycles. The molecule has 3 unspecified atom stereocenters. The first-order chi connectivity index (χ1) is 10.5. The Kier molecular flexibility index (Phi) is 4.43. The lowest BCUT2D eigenvalue weighted by Gasteiger charge is -2.31. The van der Waals surface area contributed by atoms with Crippen molar-refractivity contribution in [2.75, 3.05) is 6.54 Å². The number of hydrogen-bond acceptors (Lipinski definition) is 4. The third kappa shape index (κ3) is 3.14. The highest BCUT2D eigenvalue weighted by molar-refractivity contribution is 7.89. The molecule has 1 aliphatic heterocycles. The Morgan fingerprint density at radius 2 is 2.09 bits per heavy atom. The van der Waals surface area contributed by atoms with Gasteiger partial charge >= 0.3 is 0 Å². The number of rotatable bonds is 4. The number of ether oxygens (including phenoxy) is 1. The lowest BCUT2D eigenvalue weighted by Crippen LogP contribution is -2.44. The number of hydrogen-bond donors (Lipinski definition) is 2. The minimum atomic E-state index is -3.50. The predicted molar refractivity (Wildman–Crippen MR) is 85.4 cm³/mol. The molecule has 0 aromatic heterocycles. The van der Waals surface area contributed by atoms with Crippen LogP contribution in [0.15, 0.2) is 23.1 Å². The second kappa shape index (κ2) is 6.18. The highest BCUT2D eigenvalue weighted by Crippen LogP contribution is 2.31. The van der Waals surface area contributed by atoms with E-state index in [-0.39, 0.29) is 18.1 Å². The van der Waals surface area contributed by atoms with Crippen LogP contribution in [0.5, 0.6) is 5.75 Å². The first-order valence-corrected chi connectivity index (χ1v) is 9.50. The Balaban J connectivity index is 1.80. The first-order valence-electron chi connectivity index (χ1n) is 8.01. The van der Waals surface area contributed by atoms with Crippen LogP contribution in [0.3, 0.4) is 0 Å². The van der Waals surface area contributed by atoms with Crippen LogP contribution in [0, 0.1) is 5.92 Å². The average Bonchev–Trinajstić information content (AvgIpc) is 2.86. The van der Waals surface area contributed by atoms with Crippen LogP contribution in [0.25, 0.3) is 0 Å². The van der Waals surface area contributed by atoms with Gasteiger partial charge in [-0.2, -0.15) is 0 Å². The summed E-state index contributed by atoms with van der Waals surface area (Å²) in [6.45, 7) is 2.52. The van der Waals surface area contributed by atoms with E-state index >= 15 is 0 Å². The highest BCUT2D eigenvalue weighted by Gasteiger charge is 2.29. The molecule has 0 bridgehead atoms. The molecule has 1 aromatic rings. The predicted octanol–water partition coefficient (Wildman–Crippen LogP) is 1.81. The third-order valence-electron chi connectivity index (χ3n) is 4.70. The molecule has 0 amide bonds. The Hall–Kier alpha value is -1.11. The highest BCUT2D eigenvalue weighted by atomic mass is 32.2. The number of fused-ring (bicyclic) bond motifs is 1. The van der Waals surface area contributed by atoms with Crippen LogP contribution in [-0.4, -0.2) is 27.1 Å². The normalized spacial score (nSPS) is 28.2. The Bertz CT molecular complexity index is 645. The maximum absolute atomic E-state index is 12.7. The number of nitrogens with two attached hydrogens (primary N) is 1. The monoisotopic (exact) mass is 324 g/mol. The van der Waals surface area contributed by atoms with Crippen LogP contribution in [0.1, 0.15) is 38.2 Å². The molecule has 1 aliphatic carbocycles. The summed E-state index contributed by atoms with van der Waals surface area (Å²) in [6.07, 6.45) is 4.92. The van der Waals surface area contributed by atoms with Gasteiger partial charge in [0, 0.05) is 12.5 Å². The van der Waals surface area contributed by atoms with Gasteiger partial charge in [-0.25, -0.2) is 13.1 Å². The van der Waals surface area contributed by atoms with Crippen molar-refractivity contribution in [3.63, 3.8) is 0 Å². The van der Waals surface area contributed by atoms with Crippen LogP contribution in [0.2, 0.25) is 0 Å². The van der Waals surface area contributed by atoms with Gasteiger partial charge in [0.1, 0.15) is 11.9 Å².